The van der Waals surface area contributed by atoms with Gasteiger partial charge in [-0.2, -0.15) is 0 Å². The fraction of sp³-hybridized carbons (Fsp3) is 0.167. The van der Waals surface area contributed by atoms with E-state index in [9.17, 15) is 14.0 Å². The Morgan fingerprint density at radius 3 is 2.09 bits per heavy atom. The number of hydrogen-bond donors (Lipinski definition) is 2. The average Bonchev–Trinajstić information content (AvgIpc) is 2.82. The van der Waals surface area contributed by atoms with Gasteiger partial charge in [0.15, 0.2) is 0 Å². The quantitative estimate of drug-likeness (QED) is 0.579. The molecule has 0 spiro atoms. The smallest absolute Gasteiger partial charge is 0.323 e. The van der Waals surface area contributed by atoms with E-state index < -0.39 is 11.8 Å². The summed E-state index contributed by atoms with van der Waals surface area (Å²) in [7, 11) is 0. The number of carbonyl (C=O) groups is 2. The highest BCUT2D eigenvalue weighted by atomic mass is 35.5. The Morgan fingerprint density at radius 1 is 0.812 bits per heavy atom. The summed E-state index contributed by atoms with van der Waals surface area (Å²) in [6.45, 7) is 2.76. The molecule has 164 valence electrons. The number of halogens is 2. The summed E-state index contributed by atoms with van der Waals surface area (Å²) in [6, 6.07) is 20.3. The first-order valence-corrected chi connectivity index (χ1v) is 10.6. The third kappa shape index (κ3) is 5.18. The molecular formula is C24H22ClFN4O2. The molecule has 1 heterocycles. The highest BCUT2D eigenvalue weighted by Crippen LogP contribution is 2.22. The second-order valence-corrected chi connectivity index (χ2v) is 7.81. The van der Waals surface area contributed by atoms with Crippen molar-refractivity contribution in [1.29, 1.82) is 0 Å². The molecule has 3 aromatic rings. The summed E-state index contributed by atoms with van der Waals surface area (Å²) in [5, 5.41) is 5.30. The number of hydrogen-bond acceptors (Lipinski definition) is 3. The van der Waals surface area contributed by atoms with E-state index in [1.54, 1.807) is 0 Å². The Bertz CT molecular complexity index is 1100. The number of carbonyl (C=O) groups excluding carboxylic acids is 2. The van der Waals surface area contributed by atoms with Gasteiger partial charge < -0.3 is 20.4 Å². The minimum atomic E-state index is -0.543. The molecule has 4 rings (SSSR count). The minimum Gasteiger partial charge on any atom is -0.368 e. The number of anilines is 3. The number of urea groups is 1. The summed E-state index contributed by atoms with van der Waals surface area (Å²) < 4.78 is 13.2. The van der Waals surface area contributed by atoms with E-state index in [0.717, 1.165) is 18.8 Å². The summed E-state index contributed by atoms with van der Waals surface area (Å²) in [5.74, 6) is -0.489. The van der Waals surface area contributed by atoms with Gasteiger partial charge in [0.2, 0.25) is 0 Å². The number of nitrogens with one attached hydrogen (secondary N) is 2. The number of nitrogens with zero attached hydrogens (tertiary/aromatic N) is 2. The van der Waals surface area contributed by atoms with Crippen LogP contribution in [0.1, 0.15) is 10.4 Å². The van der Waals surface area contributed by atoms with Crippen LogP contribution in [0.5, 0.6) is 0 Å². The molecular weight excluding hydrogens is 431 g/mol. The van der Waals surface area contributed by atoms with E-state index >= 15 is 0 Å². The van der Waals surface area contributed by atoms with Crippen LogP contribution in [0.3, 0.4) is 0 Å². The van der Waals surface area contributed by atoms with Crippen molar-refractivity contribution in [3.63, 3.8) is 0 Å². The van der Waals surface area contributed by atoms with Gasteiger partial charge in [-0.3, -0.25) is 4.79 Å². The SMILES string of the molecule is O=C(Nc1ccc(N2CCN(C(=O)c3ccccc3)CC2)cc1)Nc1ccc(F)c(Cl)c1. The van der Waals surface area contributed by atoms with E-state index in [0.29, 0.717) is 30.0 Å². The molecule has 2 N–H and O–H groups in total. The molecule has 6 nitrogen and oxygen atoms in total. The normalized spacial score (nSPS) is 13.6. The lowest BCUT2D eigenvalue weighted by atomic mass is 10.1. The molecule has 0 bridgehead atoms. The van der Waals surface area contributed by atoms with Gasteiger partial charge in [-0.15, -0.1) is 0 Å². The maximum Gasteiger partial charge on any atom is 0.323 e. The average molecular weight is 453 g/mol. The van der Waals surface area contributed by atoms with Crippen molar-refractivity contribution in [3.8, 4) is 0 Å². The van der Waals surface area contributed by atoms with Crippen LogP contribution in [0.15, 0.2) is 72.8 Å². The third-order valence-corrected chi connectivity index (χ3v) is 5.55. The minimum absolute atomic E-state index is 0.0539. The van der Waals surface area contributed by atoms with Gasteiger partial charge in [0.1, 0.15) is 5.82 Å². The molecule has 0 unspecified atom stereocenters. The molecule has 1 aliphatic heterocycles. The summed E-state index contributed by atoms with van der Waals surface area (Å²) >= 11 is 5.73. The van der Waals surface area contributed by atoms with E-state index in [4.69, 9.17) is 11.6 Å². The number of amides is 3. The second kappa shape index (κ2) is 9.70. The van der Waals surface area contributed by atoms with Crippen molar-refractivity contribution < 1.29 is 14.0 Å². The largest absolute Gasteiger partial charge is 0.368 e. The van der Waals surface area contributed by atoms with Crippen LogP contribution >= 0.6 is 11.6 Å². The maximum absolute atomic E-state index is 13.2. The first-order chi connectivity index (χ1) is 15.5. The third-order valence-electron chi connectivity index (χ3n) is 5.26. The van der Waals surface area contributed by atoms with Crippen molar-refractivity contribution in [2.45, 2.75) is 0 Å². The molecule has 3 aromatic carbocycles. The van der Waals surface area contributed by atoms with E-state index in [-0.39, 0.29) is 10.9 Å². The Hall–Kier alpha value is -3.58. The highest BCUT2D eigenvalue weighted by molar-refractivity contribution is 6.31. The molecule has 1 aliphatic rings. The summed E-state index contributed by atoms with van der Waals surface area (Å²) in [6.07, 6.45) is 0. The Morgan fingerprint density at radius 2 is 1.44 bits per heavy atom. The van der Waals surface area contributed by atoms with Gasteiger partial charge in [0.25, 0.3) is 5.91 Å². The van der Waals surface area contributed by atoms with Crippen LogP contribution in [0.4, 0.5) is 26.2 Å². The van der Waals surface area contributed by atoms with Crippen molar-refractivity contribution >= 4 is 40.6 Å². The Labute approximate surface area is 190 Å². The second-order valence-electron chi connectivity index (χ2n) is 7.40. The van der Waals surface area contributed by atoms with Gasteiger partial charge in [-0.25, -0.2) is 9.18 Å². The van der Waals surface area contributed by atoms with E-state index in [2.05, 4.69) is 15.5 Å². The fourth-order valence-corrected chi connectivity index (χ4v) is 3.73. The molecule has 3 amide bonds. The van der Waals surface area contributed by atoms with Crippen LogP contribution in [0.2, 0.25) is 5.02 Å². The molecule has 0 atom stereocenters. The molecule has 1 saturated heterocycles. The summed E-state index contributed by atoms with van der Waals surface area (Å²) in [5.41, 5.74) is 2.75. The standard InChI is InChI=1S/C24H22ClFN4O2/c25-21-16-19(8-11-22(21)26)28-24(32)27-18-6-9-20(10-7-18)29-12-14-30(15-13-29)23(31)17-4-2-1-3-5-17/h1-11,16H,12-15H2,(H2,27,28,32). The molecule has 0 radical (unpaired) electrons. The molecule has 0 aliphatic carbocycles. The number of rotatable bonds is 4. The molecule has 0 aromatic heterocycles. The van der Waals surface area contributed by atoms with Crippen molar-refractivity contribution in [1.82, 2.24) is 4.90 Å². The molecule has 32 heavy (non-hydrogen) atoms. The van der Waals surface area contributed by atoms with E-state index in [1.165, 1.54) is 18.2 Å². The molecule has 8 heteroatoms. The van der Waals surface area contributed by atoms with Gasteiger partial charge in [-0.05, 0) is 54.6 Å². The lowest BCUT2D eigenvalue weighted by molar-refractivity contribution is 0.0747. The maximum atomic E-state index is 13.2. The first kappa shape index (κ1) is 21.6. The van der Waals surface area contributed by atoms with E-state index in [1.807, 2.05) is 59.5 Å². The van der Waals surface area contributed by atoms with Crippen molar-refractivity contribution in [3.05, 3.63) is 89.2 Å². The van der Waals surface area contributed by atoms with Crippen molar-refractivity contribution in [2.24, 2.45) is 0 Å². The van der Waals surface area contributed by atoms with Gasteiger partial charge in [-0.1, -0.05) is 29.8 Å². The van der Waals surface area contributed by atoms with Gasteiger partial charge in [0, 0.05) is 48.8 Å². The number of benzene rings is 3. The van der Waals surface area contributed by atoms with Crippen LogP contribution in [-0.2, 0) is 0 Å². The lowest BCUT2D eigenvalue weighted by Crippen LogP contribution is -2.48. The van der Waals surface area contributed by atoms with Crippen LogP contribution in [0.25, 0.3) is 0 Å². The van der Waals surface area contributed by atoms with Crippen LogP contribution in [-0.4, -0.2) is 43.0 Å². The summed E-state index contributed by atoms with van der Waals surface area (Å²) in [4.78, 5) is 28.8. The number of piperazine rings is 1. The zero-order valence-corrected chi connectivity index (χ0v) is 18.0. The zero-order chi connectivity index (χ0) is 22.5. The molecule has 1 fully saturated rings. The topological polar surface area (TPSA) is 64.7 Å². The predicted molar refractivity (Wildman–Crippen MR) is 125 cm³/mol. The van der Waals surface area contributed by atoms with Gasteiger partial charge in [0.05, 0.1) is 5.02 Å². The van der Waals surface area contributed by atoms with Gasteiger partial charge >= 0.3 is 6.03 Å². The monoisotopic (exact) mass is 452 g/mol. The zero-order valence-electron chi connectivity index (χ0n) is 17.2. The van der Waals surface area contributed by atoms with Crippen LogP contribution < -0.4 is 15.5 Å². The van der Waals surface area contributed by atoms with Crippen molar-refractivity contribution in [2.75, 3.05) is 41.7 Å². The Balaban J connectivity index is 1.29. The Kier molecular flexibility index (Phi) is 6.56. The highest BCUT2D eigenvalue weighted by Gasteiger charge is 2.22. The van der Waals surface area contributed by atoms with Crippen LogP contribution in [0, 0.1) is 5.82 Å². The lowest BCUT2D eigenvalue weighted by Gasteiger charge is -2.36. The fourth-order valence-electron chi connectivity index (χ4n) is 3.55. The predicted octanol–water partition coefficient (Wildman–Crippen LogP) is 5.09. The molecule has 0 saturated carbocycles. The first-order valence-electron chi connectivity index (χ1n) is 10.2.